The van der Waals surface area contributed by atoms with Crippen LogP contribution < -0.4 is 21.1 Å². The molecule has 0 saturated heterocycles. The molecule has 0 spiro atoms. The fraction of sp³-hybridized carbons (Fsp3) is 0.385. The van der Waals surface area contributed by atoms with Gasteiger partial charge in [0.1, 0.15) is 5.69 Å². The Morgan fingerprint density at radius 1 is 1.29 bits per heavy atom. The predicted molar refractivity (Wildman–Crippen MR) is 150 cm³/mol. The van der Waals surface area contributed by atoms with Crippen molar-refractivity contribution in [2.45, 2.75) is 48.8 Å². The number of amides is 2. The largest absolute Gasteiger partial charge is 0.366 e. The number of benzene rings is 1. The van der Waals surface area contributed by atoms with Gasteiger partial charge in [-0.2, -0.15) is 5.10 Å². The Balaban J connectivity index is 1.10. The summed E-state index contributed by atoms with van der Waals surface area (Å²) >= 11 is 2.98. The summed E-state index contributed by atoms with van der Waals surface area (Å²) in [6, 6.07) is 8.13. The Labute approximate surface area is 230 Å². The number of hydrogen-bond acceptors (Lipinski definition) is 9. The molecule has 2 amide bonds. The molecular weight excluding hydrogens is 520 g/mol. The van der Waals surface area contributed by atoms with Gasteiger partial charge in [0.2, 0.25) is 5.91 Å². The summed E-state index contributed by atoms with van der Waals surface area (Å²) in [4.78, 5) is 25.4. The lowest BCUT2D eigenvalue weighted by Gasteiger charge is -2.37. The van der Waals surface area contributed by atoms with Gasteiger partial charge in [-0.3, -0.25) is 14.3 Å². The topological polar surface area (TPSA) is 130 Å². The summed E-state index contributed by atoms with van der Waals surface area (Å²) < 4.78 is 11.8. The lowest BCUT2D eigenvalue weighted by atomic mass is 9.86. The summed E-state index contributed by atoms with van der Waals surface area (Å²) in [6.07, 6.45) is 9.05. The van der Waals surface area contributed by atoms with Crippen LogP contribution in [0.5, 0.6) is 0 Å². The van der Waals surface area contributed by atoms with E-state index in [1.807, 2.05) is 22.9 Å². The van der Waals surface area contributed by atoms with Gasteiger partial charge in [0, 0.05) is 42.2 Å². The first kappa shape index (κ1) is 25.4. The van der Waals surface area contributed by atoms with Gasteiger partial charge in [-0.1, -0.05) is 18.2 Å². The van der Waals surface area contributed by atoms with Crippen molar-refractivity contribution in [3.63, 3.8) is 0 Å². The van der Waals surface area contributed by atoms with Crippen LogP contribution in [0, 0.1) is 0 Å². The first-order valence-electron chi connectivity index (χ1n) is 12.7. The van der Waals surface area contributed by atoms with Crippen molar-refractivity contribution in [1.82, 2.24) is 29.4 Å². The van der Waals surface area contributed by atoms with E-state index in [0.29, 0.717) is 23.8 Å². The molecule has 1 atom stereocenters. The Morgan fingerprint density at radius 3 is 2.97 bits per heavy atom. The average molecular weight is 551 g/mol. The van der Waals surface area contributed by atoms with Gasteiger partial charge < -0.3 is 16.4 Å². The van der Waals surface area contributed by atoms with Gasteiger partial charge in [0.15, 0.2) is 0 Å². The molecule has 0 radical (unpaired) electrons. The Morgan fingerprint density at radius 2 is 2.16 bits per heavy atom. The van der Waals surface area contributed by atoms with Crippen LogP contribution >= 0.6 is 24.1 Å². The van der Waals surface area contributed by atoms with Crippen LogP contribution in [0.25, 0.3) is 0 Å². The molecule has 1 aromatic heterocycles. The molecular formula is C26H30N8O2S2. The molecule has 1 aromatic carbocycles. The van der Waals surface area contributed by atoms with E-state index in [1.165, 1.54) is 17.7 Å². The number of hydrogen-bond donors (Lipinski definition) is 4. The van der Waals surface area contributed by atoms with E-state index in [1.54, 1.807) is 25.1 Å². The van der Waals surface area contributed by atoms with E-state index >= 15 is 0 Å². The van der Waals surface area contributed by atoms with E-state index in [2.05, 4.69) is 42.3 Å². The molecule has 0 bridgehead atoms. The first-order chi connectivity index (χ1) is 18.5. The molecule has 12 heteroatoms. The van der Waals surface area contributed by atoms with Crippen LogP contribution in [0.15, 0.2) is 57.4 Å². The van der Waals surface area contributed by atoms with E-state index in [0.717, 1.165) is 54.2 Å². The maximum Gasteiger partial charge on any atom is 0.269 e. The summed E-state index contributed by atoms with van der Waals surface area (Å²) in [7, 11) is 1.67. The fourth-order valence-corrected chi connectivity index (χ4v) is 6.87. The second kappa shape index (κ2) is 10.7. The number of primary amides is 1. The number of carbonyl (C=O) groups excluding carboxylic acids is 2. The second-order valence-electron chi connectivity index (χ2n) is 9.88. The minimum Gasteiger partial charge on any atom is -0.366 e. The average Bonchev–Trinajstić information content (AvgIpc) is 3.51. The van der Waals surface area contributed by atoms with Gasteiger partial charge in [-0.25, -0.2) is 13.4 Å². The summed E-state index contributed by atoms with van der Waals surface area (Å²) in [6.45, 7) is 2.23. The number of carbonyl (C=O) groups is 2. The van der Waals surface area contributed by atoms with Crippen molar-refractivity contribution in [3.8, 4) is 0 Å². The Bertz CT molecular complexity index is 1360. The van der Waals surface area contributed by atoms with Gasteiger partial charge in [0.05, 0.1) is 42.2 Å². The number of nitrogens with two attached hydrogens (primary N) is 1. The highest BCUT2D eigenvalue weighted by Gasteiger charge is 2.37. The molecule has 10 nitrogen and oxygen atoms in total. The first-order valence-corrected chi connectivity index (χ1v) is 14.3. The monoisotopic (exact) mass is 550 g/mol. The predicted octanol–water partition coefficient (Wildman–Crippen LogP) is 2.17. The van der Waals surface area contributed by atoms with Crippen molar-refractivity contribution < 1.29 is 9.59 Å². The molecule has 38 heavy (non-hydrogen) atoms. The Kier molecular flexibility index (Phi) is 7.14. The summed E-state index contributed by atoms with van der Waals surface area (Å²) in [5.74, 6) is -0.515. The zero-order valence-corrected chi connectivity index (χ0v) is 22.6. The van der Waals surface area contributed by atoms with Crippen LogP contribution in [0.2, 0.25) is 0 Å². The Hall–Kier alpha value is -2.90. The minimum atomic E-state index is -0.434. The van der Waals surface area contributed by atoms with Crippen LogP contribution in [0.3, 0.4) is 0 Å². The molecule has 3 heterocycles. The third-order valence-electron chi connectivity index (χ3n) is 7.38. The van der Waals surface area contributed by atoms with E-state index < -0.39 is 5.91 Å². The maximum absolute atomic E-state index is 12.9. The van der Waals surface area contributed by atoms with Crippen molar-refractivity contribution >= 4 is 41.6 Å². The normalized spacial score (nSPS) is 24.2. The van der Waals surface area contributed by atoms with Gasteiger partial charge in [-0.05, 0) is 61.1 Å². The molecule has 5 N–H and O–H groups in total. The van der Waals surface area contributed by atoms with Crippen molar-refractivity contribution in [2.75, 3.05) is 20.1 Å². The molecule has 1 saturated carbocycles. The smallest absolute Gasteiger partial charge is 0.269 e. The molecule has 2 aliphatic carbocycles. The maximum atomic E-state index is 12.9. The summed E-state index contributed by atoms with van der Waals surface area (Å²) in [5, 5.41) is 11.4. The van der Waals surface area contributed by atoms with Crippen LogP contribution in [-0.2, 0) is 13.0 Å². The van der Waals surface area contributed by atoms with Gasteiger partial charge >= 0.3 is 0 Å². The molecule has 2 aliphatic heterocycles. The minimum absolute atomic E-state index is 0.0812. The van der Waals surface area contributed by atoms with Crippen molar-refractivity contribution in [3.05, 3.63) is 70.6 Å². The highest BCUT2D eigenvalue weighted by molar-refractivity contribution is 7.97. The van der Waals surface area contributed by atoms with Crippen molar-refractivity contribution in [1.29, 1.82) is 0 Å². The highest BCUT2D eigenvalue weighted by atomic mass is 32.2. The van der Waals surface area contributed by atoms with Gasteiger partial charge in [0.25, 0.3) is 5.91 Å². The molecule has 2 aromatic rings. The SMILES string of the molecule is CNC(=O)c1c2c(nn1C1CC(NCC3=CC4NSN=C4C=C3)C1)CN(Sc1cccc(C(N)=O)c1)CC2. The molecule has 1 fully saturated rings. The molecule has 1 unspecified atom stereocenters. The number of nitrogens with zero attached hydrogens (tertiary/aromatic N) is 4. The van der Waals surface area contributed by atoms with E-state index in [9.17, 15) is 9.59 Å². The molecule has 6 rings (SSSR count). The lowest BCUT2D eigenvalue weighted by molar-refractivity contribution is 0.0938. The highest BCUT2D eigenvalue weighted by Crippen LogP contribution is 2.37. The van der Waals surface area contributed by atoms with E-state index in [4.69, 9.17) is 10.8 Å². The van der Waals surface area contributed by atoms with E-state index in [-0.39, 0.29) is 18.0 Å². The van der Waals surface area contributed by atoms with Crippen molar-refractivity contribution in [2.24, 2.45) is 10.1 Å². The van der Waals surface area contributed by atoms with Crippen LogP contribution in [-0.4, -0.2) is 63.8 Å². The standard InChI is InChI=1S/C26H30N8O2S2/c1-28-26(36)24-20-7-8-33(37-19-4-2-3-16(10-19)25(27)35)14-23(20)30-34(24)18-11-17(12-18)29-13-15-5-6-21-22(9-15)32-38-31-21/h2-6,9-10,17-18,22,29,32H,7-8,11-14H2,1H3,(H2,27,35)(H,28,36). The summed E-state index contributed by atoms with van der Waals surface area (Å²) in [5.41, 5.74) is 10.9. The fourth-order valence-electron chi connectivity index (χ4n) is 5.25. The number of rotatable bonds is 8. The third-order valence-corrected chi connectivity index (χ3v) is 9.07. The third kappa shape index (κ3) is 5.06. The molecule has 4 aliphatic rings. The number of nitrogens with one attached hydrogen (secondary N) is 3. The number of aromatic nitrogens is 2. The lowest BCUT2D eigenvalue weighted by Crippen LogP contribution is -2.44. The van der Waals surface area contributed by atoms with Crippen LogP contribution in [0.4, 0.5) is 0 Å². The quantitative estimate of drug-likeness (QED) is 0.368. The second-order valence-corrected chi connectivity index (χ2v) is 11.6. The van der Waals surface area contributed by atoms with Crippen LogP contribution in [0.1, 0.15) is 51.0 Å². The number of fused-ring (bicyclic) bond motifs is 2. The van der Waals surface area contributed by atoms with Gasteiger partial charge in [-0.15, -0.1) is 0 Å². The zero-order valence-electron chi connectivity index (χ0n) is 21.0. The molecule has 198 valence electrons. The zero-order chi connectivity index (χ0) is 26.2.